The Kier molecular flexibility index (Phi) is 9.16. The van der Waals surface area contributed by atoms with Gasteiger partial charge in [-0.15, -0.1) is 0 Å². The van der Waals surface area contributed by atoms with E-state index >= 15 is 0 Å². The smallest absolute Gasteiger partial charge is 0.549 e. The molecule has 0 amide bonds. The third-order valence-corrected chi connectivity index (χ3v) is 1.06. The zero-order chi connectivity index (χ0) is 10.4. The van der Waals surface area contributed by atoms with E-state index in [-0.39, 0.29) is 37.7 Å². The van der Waals surface area contributed by atoms with Crippen LogP contribution in [-0.2, 0) is 14.4 Å². The molecule has 0 spiro atoms. The summed E-state index contributed by atoms with van der Waals surface area (Å²) in [6, 6.07) is 0. The van der Waals surface area contributed by atoms with E-state index < -0.39 is 37.5 Å². The van der Waals surface area contributed by atoms with Crippen LogP contribution in [0.4, 0.5) is 0 Å². The van der Waals surface area contributed by atoms with Crippen LogP contribution >= 0.6 is 0 Å². The van der Waals surface area contributed by atoms with Gasteiger partial charge in [0.2, 0.25) is 0 Å². The first-order valence-electron chi connectivity index (χ1n) is 3.25. The molecule has 0 radical (unpaired) electrons. The van der Waals surface area contributed by atoms with Crippen LogP contribution in [0.2, 0.25) is 0 Å². The summed E-state index contributed by atoms with van der Waals surface area (Å²) in [5, 5.41) is 28.3. The van der Waals surface area contributed by atoms with E-state index in [0.717, 1.165) is 0 Å². The molecule has 0 atom stereocenters. The van der Waals surface area contributed by atoms with E-state index in [1.54, 1.807) is 0 Å². The number of carboxylic acids is 3. The fourth-order valence-electron chi connectivity index (χ4n) is 0.724. The second-order valence-electron chi connectivity index (χ2n) is 2.28. The van der Waals surface area contributed by atoms with Crippen LogP contribution in [0.25, 0.3) is 0 Å². The number of hydrogen-bond acceptors (Lipinski definition) is 6. The van der Waals surface area contributed by atoms with E-state index in [1.165, 1.54) is 0 Å². The van der Waals surface area contributed by atoms with Crippen LogP contribution in [0.3, 0.4) is 0 Å². The molecule has 0 rings (SSSR count). The standard InChI is InChI=1S/C6H9NO6.Ca/c8-4(9)1-7(2-5(10)11)3-6(12)13;/h1-3H2,(H,8,9)(H,10,11)(H,12,13);/q;+2/p-2. The zero-order valence-corrected chi connectivity index (χ0v) is 9.47. The van der Waals surface area contributed by atoms with Crippen molar-refractivity contribution in [3.05, 3.63) is 0 Å². The van der Waals surface area contributed by atoms with E-state index in [4.69, 9.17) is 5.11 Å². The van der Waals surface area contributed by atoms with Gasteiger partial charge < -0.3 is 24.9 Å². The summed E-state index contributed by atoms with van der Waals surface area (Å²) in [7, 11) is 0. The van der Waals surface area contributed by atoms with E-state index in [9.17, 15) is 24.6 Å². The largest absolute Gasteiger partial charge is 2.00 e. The minimum Gasteiger partial charge on any atom is -0.549 e. The summed E-state index contributed by atoms with van der Waals surface area (Å²) >= 11 is 0. The first-order valence-corrected chi connectivity index (χ1v) is 3.25. The number of carboxylic acid groups (broad SMARTS) is 3. The SMILES string of the molecule is O=C([O-])CN(CC(=O)[O-])CC(=O)O.[Ca+2]. The summed E-state index contributed by atoms with van der Waals surface area (Å²) in [5.41, 5.74) is 0. The third kappa shape index (κ3) is 9.72. The van der Waals surface area contributed by atoms with Gasteiger partial charge in [-0.05, 0) is 0 Å². The van der Waals surface area contributed by atoms with Crippen molar-refractivity contribution in [2.24, 2.45) is 0 Å². The van der Waals surface area contributed by atoms with Gasteiger partial charge in [0.15, 0.2) is 0 Å². The van der Waals surface area contributed by atoms with Crippen molar-refractivity contribution in [3.8, 4) is 0 Å². The Morgan fingerprint density at radius 2 is 1.36 bits per heavy atom. The van der Waals surface area contributed by atoms with Crippen LogP contribution in [0, 0.1) is 0 Å². The van der Waals surface area contributed by atoms with Gasteiger partial charge in [-0.1, -0.05) is 0 Å². The van der Waals surface area contributed by atoms with Crippen molar-refractivity contribution >= 4 is 55.6 Å². The molecule has 0 saturated carbocycles. The maximum atomic E-state index is 10.1. The normalized spacial score (nSPS) is 9.21. The maximum absolute atomic E-state index is 10.1. The predicted octanol–water partition coefficient (Wildman–Crippen LogP) is -4.51. The molecule has 14 heavy (non-hydrogen) atoms. The number of carbonyl (C=O) groups excluding carboxylic acids is 2. The van der Waals surface area contributed by atoms with Crippen molar-refractivity contribution in [2.45, 2.75) is 0 Å². The summed E-state index contributed by atoms with van der Waals surface area (Å²) in [4.78, 5) is 30.8. The Balaban J connectivity index is 0. The van der Waals surface area contributed by atoms with E-state index in [1.807, 2.05) is 0 Å². The van der Waals surface area contributed by atoms with Gasteiger partial charge in [0.1, 0.15) is 0 Å². The third-order valence-electron chi connectivity index (χ3n) is 1.06. The molecule has 74 valence electrons. The quantitative estimate of drug-likeness (QED) is 0.455. The summed E-state index contributed by atoms with van der Waals surface area (Å²) < 4.78 is 0. The molecule has 0 aliphatic rings. The maximum Gasteiger partial charge on any atom is 2.00 e. The van der Waals surface area contributed by atoms with Crippen molar-refractivity contribution in [2.75, 3.05) is 19.6 Å². The molecular weight excluding hydrogens is 222 g/mol. The molecule has 1 N–H and O–H groups in total. The molecular formula is C6H7CaNO6. The molecule has 0 aliphatic heterocycles. The fraction of sp³-hybridized carbons (Fsp3) is 0.500. The topological polar surface area (TPSA) is 121 Å². The predicted molar refractivity (Wildman–Crippen MR) is 39.8 cm³/mol. The molecule has 0 bridgehead atoms. The van der Waals surface area contributed by atoms with Crippen molar-refractivity contribution in [1.82, 2.24) is 4.90 Å². The van der Waals surface area contributed by atoms with Gasteiger partial charge in [0.25, 0.3) is 0 Å². The Labute approximate surface area is 109 Å². The van der Waals surface area contributed by atoms with Gasteiger partial charge in [0.05, 0.1) is 18.5 Å². The van der Waals surface area contributed by atoms with E-state index in [2.05, 4.69) is 0 Å². The molecule has 0 fully saturated rings. The molecule has 0 saturated heterocycles. The number of aliphatic carboxylic acids is 3. The van der Waals surface area contributed by atoms with Crippen LogP contribution in [0.15, 0.2) is 0 Å². The van der Waals surface area contributed by atoms with Crippen molar-refractivity contribution in [1.29, 1.82) is 0 Å². The zero-order valence-electron chi connectivity index (χ0n) is 7.26. The number of rotatable bonds is 6. The minimum atomic E-state index is -1.54. The van der Waals surface area contributed by atoms with Gasteiger partial charge in [-0.25, -0.2) is 0 Å². The second kappa shape index (κ2) is 7.98. The summed E-state index contributed by atoms with van der Waals surface area (Å²) in [5.74, 6) is -4.40. The van der Waals surface area contributed by atoms with Crippen molar-refractivity contribution in [3.63, 3.8) is 0 Å². The van der Waals surface area contributed by atoms with Gasteiger partial charge in [0, 0.05) is 13.1 Å². The van der Waals surface area contributed by atoms with E-state index in [0.29, 0.717) is 4.90 Å². The van der Waals surface area contributed by atoms with Crippen molar-refractivity contribution < 1.29 is 29.7 Å². The van der Waals surface area contributed by atoms with Crippen LogP contribution < -0.4 is 10.2 Å². The van der Waals surface area contributed by atoms with Gasteiger partial charge in [-0.3, -0.25) is 9.69 Å². The second-order valence-corrected chi connectivity index (χ2v) is 2.28. The molecule has 0 aliphatic carbocycles. The molecule has 0 unspecified atom stereocenters. The summed E-state index contributed by atoms with van der Waals surface area (Å²) in [6.07, 6.45) is 0. The van der Waals surface area contributed by atoms with Crippen LogP contribution in [-0.4, -0.2) is 85.3 Å². The average Bonchev–Trinajstić information content (AvgIpc) is 1.80. The van der Waals surface area contributed by atoms with Crippen LogP contribution in [0.5, 0.6) is 0 Å². The molecule has 0 aromatic heterocycles. The van der Waals surface area contributed by atoms with Crippen LogP contribution in [0.1, 0.15) is 0 Å². The molecule has 8 heteroatoms. The van der Waals surface area contributed by atoms with Gasteiger partial charge >= 0.3 is 43.7 Å². The minimum absolute atomic E-state index is 0. The molecule has 0 aromatic carbocycles. The molecule has 7 nitrogen and oxygen atoms in total. The Morgan fingerprint density at radius 3 is 1.57 bits per heavy atom. The first-order chi connectivity index (χ1) is 5.91. The monoisotopic (exact) mass is 229 g/mol. The van der Waals surface area contributed by atoms with Gasteiger partial charge in [-0.2, -0.15) is 0 Å². The first kappa shape index (κ1) is 16.1. The Bertz CT molecular complexity index is 192. The number of nitrogens with zero attached hydrogens (tertiary/aromatic N) is 1. The Morgan fingerprint density at radius 1 is 1.00 bits per heavy atom. The average molecular weight is 229 g/mol. The Hall–Kier alpha value is -0.370. The number of carbonyl (C=O) groups is 3. The molecule has 0 heterocycles. The fourth-order valence-corrected chi connectivity index (χ4v) is 0.724. The number of hydrogen-bond donors (Lipinski definition) is 1. The summed E-state index contributed by atoms with van der Waals surface area (Å²) in [6.45, 7) is -2.18. The molecule has 0 aromatic rings.